The van der Waals surface area contributed by atoms with Crippen LogP contribution in [0.5, 0.6) is 0 Å². The lowest BCUT2D eigenvalue weighted by Gasteiger charge is -2.18. The third-order valence-electron chi connectivity index (χ3n) is 3.47. The second-order valence-electron chi connectivity index (χ2n) is 4.67. The fourth-order valence-corrected chi connectivity index (χ4v) is 2.50. The Hall–Kier alpha value is -1.10. The molecule has 0 aromatic carbocycles. The topological polar surface area (TPSA) is 54.2 Å². The van der Waals surface area contributed by atoms with Gasteiger partial charge in [-0.3, -0.25) is 0 Å². The fourth-order valence-electron chi connectivity index (χ4n) is 2.50. The first-order valence-electron chi connectivity index (χ1n) is 6.23. The Bertz CT molecular complexity index is 340. The van der Waals surface area contributed by atoms with Gasteiger partial charge in [0, 0.05) is 19.6 Å². The van der Waals surface area contributed by atoms with Crippen molar-refractivity contribution in [3.05, 3.63) is 5.89 Å². The highest BCUT2D eigenvalue weighted by atomic mass is 16.5. The van der Waals surface area contributed by atoms with Crippen molar-refractivity contribution < 1.29 is 4.52 Å². The third-order valence-corrected chi connectivity index (χ3v) is 3.47. The van der Waals surface area contributed by atoms with Crippen molar-refractivity contribution in [1.82, 2.24) is 15.5 Å². The smallest absolute Gasteiger partial charge is 0.266 e. The van der Waals surface area contributed by atoms with E-state index >= 15 is 0 Å². The van der Waals surface area contributed by atoms with Gasteiger partial charge in [-0.2, -0.15) is 4.98 Å². The van der Waals surface area contributed by atoms with E-state index in [-0.39, 0.29) is 0 Å². The SMILES string of the molecule is C1CNC[C@H](c2nc(N3CCCC3)no2)C1. The Kier molecular flexibility index (Phi) is 2.78. The zero-order chi connectivity index (χ0) is 10.8. The van der Waals surface area contributed by atoms with Crippen LogP contribution in [0.1, 0.15) is 37.5 Å². The summed E-state index contributed by atoms with van der Waals surface area (Å²) < 4.78 is 5.37. The van der Waals surface area contributed by atoms with Crippen molar-refractivity contribution >= 4 is 5.95 Å². The molecule has 2 aliphatic heterocycles. The van der Waals surface area contributed by atoms with Gasteiger partial charge in [-0.15, -0.1) is 0 Å². The maximum Gasteiger partial charge on any atom is 0.266 e. The molecule has 0 spiro atoms. The Labute approximate surface area is 95.2 Å². The van der Waals surface area contributed by atoms with E-state index in [1.165, 1.54) is 19.3 Å². The monoisotopic (exact) mass is 222 g/mol. The molecule has 88 valence electrons. The van der Waals surface area contributed by atoms with Crippen LogP contribution in [0.2, 0.25) is 0 Å². The predicted octanol–water partition coefficient (Wildman–Crippen LogP) is 1.14. The minimum Gasteiger partial charge on any atom is -0.338 e. The number of aromatic nitrogens is 2. The molecule has 0 amide bonds. The van der Waals surface area contributed by atoms with Crippen molar-refractivity contribution in [2.24, 2.45) is 0 Å². The van der Waals surface area contributed by atoms with Gasteiger partial charge in [0.05, 0.1) is 5.92 Å². The molecule has 0 unspecified atom stereocenters. The number of rotatable bonds is 2. The summed E-state index contributed by atoms with van der Waals surface area (Å²) in [6.07, 6.45) is 4.85. The Morgan fingerprint density at radius 2 is 2.12 bits per heavy atom. The van der Waals surface area contributed by atoms with E-state index in [0.717, 1.165) is 44.4 Å². The number of piperidine rings is 1. The molecule has 1 aromatic heterocycles. The first kappa shape index (κ1) is 10.1. The fraction of sp³-hybridized carbons (Fsp3) is 0.818. The third kappa shape index (κ3) is 1.91. The molecule has 5 nitrogen and oxygen atoms in total. The average molecular weight is 222 g/mol. The predicted molar refractivity (Wildman–Crippen MR) is 60.6 cm³/mol. The molecule has 1 atom stereocenters. The lowest BCUT2D eigenvalue weighted by Crippen LogP contribution is -2.28. The van der Waals surface area contributed by atoms with Crippen LogP contribution in [0.25, 0.3) is 0 Å². The number of anilines is 1. The van der Waals surface area contributed by atoms with Gasteiger partial charge >= 0.3 is 0 Å². The number of hydrogen-bond acceptors (Lipinski definition) is 5. The van der Waals surface area contributed by atoms with Crippen molar-refractivity contribution in [2.75, 3.05) is 31.1 Å². The molecule has 0 saturated carbocycles. The average Bonchev–Trinajstić information content (AvgIpc) is 3.01. The van der Waals surface area contributed by atoms with Gasteiger partial charge in [0.2, 0.25) is 5.89 Å². The highest BCUT2D eigenvalue weighted by molar-refractivity contribution is 5.29. The maximum atomic E-state index is 5.37. The Morgan fingerprint density at radius 1 is 1.25 bits per heavy atom. The Balaban J connectivity index is 1.71. The van der Waals surface area contributed by atoms with Gasteiger partial charge in [0.1, 0.15) is 0 Å². The normalized spacial score (nSPS) is 26.2. The molecule has 2 fully saturated rings. The van der Waals surface area contributed by atoms with Gasteiger partial charge in [-0.25, -0.2) is 0 Å². The number of nitrogens with zero attached hydrogens (tertiary/aromatic N) is 3. The van der Waals surface area contributed by atoms with Crippen LogP contribution in [-0.4, -0.2) is 36.3 Å². The molecule has 0 bridgehead atoms. The summed E-state index contributed by atoms with van der Waals surface area (Å²) in [5.74, 6) is 2.02. The molecule has 5 heteroatoms. The molecular weight excluding hydrogens is 204 g/mol. The van der Waals surface area contributed by atoms with Crippen LogP contribution in [0.4, 0.5) is 5.95 Å². The highest BCUT2D eigenvalue weighted by Crippen LogP contribution is 2.24. The van der Waals surface area contributed by atoms with E-state index < -0.39 is 0 Å². The zero-order valence-electron chi connectivity index (χ0n) is 9.48. The van der Waals surface area contributed by atoms with E-state index in [4.69, 9.17) is 4.52 Å². The summed E-state index contributed by atoms with van der Waals surface area (Å²) in [6.45, 7) is 4.23. The lowest BCUT2D eigenvalue weighted by molar-refractivity contribution is 0.322. The summed E-state index contributed by atoms with van der Waals surface area (Å²) in [4.78, 5) is 6.74. The summed E-state index contributed by atoms with van der Waals surface area (Å²) in [5, 5.41) is 7.46. The first-order valence-corrected chi connectivity index (χ1v) is 6.23. The molecule has 2 saturated heterocycles. The maximum absolute atomic E-state index is 5.37. The van der Waals surface area contributed by atoms with E-state index in [1.807, 2.05) is 0 Å². The van der Waals surface area contributed by atoms with E-state index in [2.05, 4.69) is 20.4 Å². The Morgan fingerprint density at radius 3 is 2.88 bits per heavy atom. The molecule has 16 heavy (non-hydrogen) atoms. The minimum atomic E-state index is 0.414. The van der Waals surface area contributed by atoms with Crippen molar-refractivity contribution in [3.8, 4) is 0 Å². The molecule has 1 N–H and O–H groups in total. The van der Waals surface area contributed by atoms with E-state index in [1.54, 1.807) is 0 Å². The number of hydrogen-bond donors (Lipinski definition) is 1. The van der Waals surface area contributed by atoms with Gasteiger partial charge < -0.3 is 14.7 Å². The minimum absolute atomic E-state index is 0.414. The van der Waals surface area contributed by atoms with Crippen LogP contribution < -0.4 is 10.2 Å². The van der Waals surface area contributed by atoms with Crippen LogP contribution in [0.15, 0.2) is 4.52 Å². The van der Waals surface area contributed by atoms with Gasteiger partial charge in [0.15, 0.2) is 0 Å². The summed E-state index contributed by atoms with van der Waals surface area (Å²) in [7, 11) is 0. The quantitative estimate of drug-likeness (QED) is 0.813. The summed E-state index contributed by atoms with van der Waals surface area (Å²) in [5.41, 5.74) is 0. The van der Waals surface area contributed by atoms with E-state index in [0.29, 0.717) is 5.92 Å². The van der Waals surface area contributed by atoms with Crippen molar-refractivity contribution in [2.45, 2.75) is 31.6 Å². The summed E-state index contributed by atoms with van der Waals surface area (Å²) >= 11 is 0. The van der Waals surface area contributed by atoms with Crippen molar-refractivity contribution in [3.63, 3.8) is 0 Å². The van der Waals surface area contributed by atoms with Crippen LogP contribution in [-0.2, 0) is 0 Å². The molecule has 3 rings (SSSR count). The first-order chi connectivity index (χ1) is 7.93. The molecule has 3 heterocycles. The number of nitrogens with one attached hydrogen (secondary N) is 1. The van der Waals surface area contributed by atoms with Gasteiger partial charge in [-0.1, -0.05) is 0 Å². The van der Waals surface area contributed by atoms with Crippen LogP contribution >= 0.6 is 0 Å². The summed E-state index contributed by atoms with van der Waals surface area (Å²) in [6, 6.07) is 0. The molecule has 0 aliphatic carbocycles. The zero-order valence-corrected chi connectivity index (χ0v) is 9.48. The lowest BCUT2D eigenvalue weighted by atomic mass is 10.00. The molecule has 1 aromatic rings. The molecule has 0 radical (unpaired) electrons. The molecule has 2 aliphatic rings. The largest absolute Gasteiger partial charge is 0.338 e. The van der Waals surface area contributed by atoms with E-state index in [9.17, 15) is 0 Å². The highest BCUT2D eigenvalue weighted by Gasteiger charge is 2.24. The van der Waals surface area contributed by atoms with Crippen molar-refractivity contribution in [1.29, 1.82) is 0 Å². The second kappa shape index (κ2) is 4.41. The van der Waals surface area contributed by atoms with Gasteiger partial charge in [-0.05, 0) is 37.4 Å². The van der Waals surface area contributed by atoms with Crippen LogP contribution in [0, 0.1) is 0 Å². The second-order valence-corrected chi connectivity index (χ2v) is 4.67. The van der Waals surface area contributed by atoms with Gasteiger partial charge in [0.25, 0.3) is 5.95 Å². The van der Waals surface area contributed by atoms with Crippen LogP contribution in [0.3, 0.4) is 0 Å². The standard InChI is InChI=1S/C11H18N4O/c1-2-7-15(6-1)11-13-10(16-14-11)9-4-3-5-12-8-9/h9,12H,1-8H2/t9-/m1/s1. The molecular formula is C11H18N4O.